The molecule has 0 bridgehead atoms. The first-order valence-electron chi connectivity index (χ1n) is 6.27. The molecule has 1 amide bonds. The summed E-state index contributed by atoms with van der Waals surface area (Å²) < 4.78 is 5.15. The number of rotatable bonds is 6. The first-order chi connectivity index (χ1) is 9.53. The lowest BCUT2D eigenvalue weighted by Gasteiger charge is -2.20. The van der Waals surface area contributed by atoms with Gasteiger partial charge in [0.25, 0.3) is 5.91 Å². The highest BCUT2D eigenvalue weighted by molar-refractivity contribution is 7.13. The van der Waals surface area contributed by atoms with Gasteiger partial charge < -0.3 is 20.2 Å². The van der Waals surface area contributed by atoms with Gasteiger partial charge in [0.2, 0.25) is 0 Å². The molecule has 0 fully saturated rings. The molecular formula is C13H17N3O3S. The summed E-state index contributed by atoms with van der Waals surface area (Å²) in [6.45, 7) is 4.34. The van der Waals surface area contributed by atoms with Crippen LogP contribution in [0.1, 0.15) is 30.1 Å². The van der Waals surface area contributed by atoms with E-state index in [1.54, 1.807) is 24.4 Å². The van der Waals surface area contributed by atoms with Crippen LogP contribution in [0.25, 0.3) is 0 Å². The molecule has 20 heavy (non-hydrogen) atoms. The Morgan fingerprint density at radius 3 is 3.05 bits per heavy atom. The van der Waals surface area contributed by atoms with Gasteiger partial charge in [-0.25, -0.2) is 4.98 Å². The average molecular weight is 295 g/mol. The number of aliphatic hydroxyl groups is 1. The molecule has 0 saturated heterocycles. The molecular weight excluding hydrogens is 278 g/mol. The van der Waals surface area contributed by atoms with Crippen molar-refractivity contribution >= 4 is 22.4 Å². The number of hydrogen-bond acceptors (Lipinski definition) is 6. The van der Waals surface area contributed by atoms with Crippen molar-refractivity contribution in [2.24, 2.45) is 0 Å². The molecule has 2 rings (SSSR count). The van der Waals surface area contributed by atoms with Crippen molar-refractivity contribution in [3.8, 4) is 0 Å². The third-order valence-electron chi connectivity index (χ3n) is 2.71. The van der Waals surface area contributed by atoms with Crippen molar-refractivity contribution in [3.05, 3.63) is 35.2 Å². The summed E-state index contributed by atoms with van der Waals surface area (Å²) in [5.41, 5.74) is -0.916. The van der Waals surface area contributed by atoms with Crippen LogP contribution < -0.4 is 10.6 Å². The van der Waals surface area contributed by atoms with Crippen LogP contribution >= 0.6 is 11.3 Å². The Morgan fingerprint density at radius 2 is 2.40 bits per heavy atom. The van der Waals surface area contributed by atoms with E-state index in [1.807, 2.05) is 6.92 Å². The van der Waals surface area contributed by atoms with Gasteiger partial charge in [0.15, 0.2) is 5.13 Å². The van der Waals surface area contributed by atoms with Crippen LogP contribution in [-0.4, -0.2) is 29.1 Å². The fraction of sp³-hybridized carbons (Fsp3) is 0.385. The molecule has 2 aromatic rings. The van der Waals surface area contributed by atoms with Gasteiger partial charge in [0.05, 0.1) is 12.8 Å². The zero-order valence-corrected chi connectivity index (χ0v) is 12.2. The lowest BCUT2D eigenvalue weighted by molar-refractivity contribution is 0.0329. The first-order valence-corrected chi connectivity index (χ1v) is 7.15. The number of amides is 1. The average Bonchev–Trinajstić information content (AvgIpc) is 3.07. The number of aromatic nitrogens is 1. The number of furan rings is 1. The standard InChI is InChI=1S/C13H17N3O3S/c1-3-14-12-16-9(7-20-12)11(17)15-8-13(2,18)10-5-4-6-19-10/h4-7,18H,3,8H2,1-2H3,(H,14,16)(H,15,17). The Balaban J connectivity index is 1.94. The number of carbonyl (C=O) groups is 1. The Hall–Kier alpha value is -1.86. The normalized spacial score (nSPS) is 13.8. The molecule has 1 unspecified atom stereocenters. The summed E-state index contributed by atoms with van der Waals surface area (Å²) in [6.07, 6.45) is 1.48. The highest BCUT2D eigenvalue weighted by Crippen LogP contribution is 2.20. The van der Waals surface area contributed by atoms with Crippen LogP contribution in [0.3, 0.4) is 0 Å². The highest BCUT2D eigenvalue weighted by Gasteiger charge is 2.27. The molecule has 0 saturated carbocycles. The maximum Gasteiger partial charge on any atom is 0.270 e. The largest absolute Gasteiger partial charge is 0.466 e. The van der Waals surface area contributed by atoms with Crippen molar-refractivity contribution < 1.29 is 14.3 Å². The summed E-state index contributed by atoms with van der Waals surface area (Å²) in [4.78, 5) is 16.1. The number of thiazole rings is 1. The summed E-state index contributed by atoms with van der Waals surface area (Å²) in [7, 11) is 0. The van der Waals surface area contributed by atoms with Gasteiger partial charge >= 0.3 is 0 Å². The number of anilines is 1. The second-order valence-electron chi connectivity index (χ2n) is 4.50. The maximum absolute atomic E-state index is 11.9. The molecule has 0 spiro atoms. The molecule has 0 aliphatic heterocycles. The van der Waals surface area contributed by atoms with Gasteiger partial charge in [0.1, 0.15) is 17.1 Å². The van der Waals surface area contributed by atoms with Gasteiger partial charge in [-0.3, -0.25) is 4.79 Å². The molecule has 2 heterocycles. The van der Waals surface area contributed by atoms with E-state index in [9.17, 15) is 9.90 Å². The summed E-state index contributed by atoms with van der Waals surface area (Å²) in [6, 6.07) is 3.35. The summed E-state index contributed by atoms with van der Waals surface area (Å²) >= 11 is 1.37. The van der Waals surface area contributed by atoms with E-state index in [1.165, 1.54) is 17.6 Å². The first kappa shape index (κ1) is 14.5. The second-order valence-corrected chi connectivity index (χ2v) is 5.36. The van der Waals surface area contributed by atoms with Crippen LogP contribution in [0, 0.1) is 0 Å². The van der Waals surface area contributed by atoms with E-state index >= 15 is 0 Å². The Morgan fingerprint density at radius 1 is 1.60 bits per heavy atom. The molecule has 7 heteroatoms. The Labute approximate surface area is 120 Å². The number of nitrogens with zero attached hydrogens (tertiary/aromatic N) is 1. The van der Waals surface area contributed by atoms with Crippen LogP contribution in [-0.2, 0) is 5.60 Å². The fourth-order valence-electron chi connectivity index (χ4n) is 1.63. The van der Waals surface area contributed by atoms with E-state index in [-0.39, 0.29) is 12.5 Å². The van der Waals surface area contributed by atoms with Crippen molar-refractivity contribution in [1.29, 1.82) is 0 Å². The van der Waals surface area contributed by atoms with Crippen molar-refractivity contribution in [1.82, 2.24) is 10.3 Å². The molecule has 0 aliphatic rings. The highest BCUT2D eigenvalue weighted by atomic mass is 32.1. The quantitative estimate of drug-likeness (QED) is 0.756. The van der Waals surface area contributed by atoms with Crippen LogP contribution in [0.15, 0.2) is 28.2 Å². The monoisotopic (exact) mass is 295 g/mol. The molecule has 6 nitrogen and oxygen atoms in total. The minimum atomic E-state index is -1.25. The van der Waals surface area contributed by atoms with Crippen molar-refractivity contribution in [2.45, 2.75) is 19.4 Å². The van der Waals surface area contributed by atoms with E-state index < -0.39 is 5.60 Å². The zero-order valence-electron chi connectivity index (χ0n) is 11.3. The second kappa shape index (κ2) is 6.06. The van der Waals surface area contributed by atoms with Crippen LogP contribution in [0.5, 0.6) is 0 Å². The molecule has 1 atom stereocenters. The van der Waals surface area contributed by atoms with Gasteiger partial charge in [-0.1, -0.05) is 0 Å². The minimum absolute atomic E-state index is 0.0490. The molecule has 0 aliphatic carbocycles. The van der Waals surface area contributed by atoms with Crippen LogP contribution in [0.4, 0.5) is 5.13 Å². The molecule has 2 aromatic heterocycles. The van der Waals surface area contributed by atoms with E-state index in [4.69, 9.17) is 4.42 Å². The third-order valence-corrected chi connectivity index (χ3v) is 3.51. The number of carbonyl (C=O) groups excluding carboxylic acids is 1. The lowest BCUT2D eigenvalue weighted by atomic mass is 10.0. The van der Waals surface area contributed by atoms with Gasteiger partial charge in [0, 0.05) is 11.9 Å². The topological polar surface area (TPSA) is 87.4 Å². The molecule has 0 radical (unpaired) electrons. The smallest absolute Gasteiger partial charge is 0.270 e. The van der Waals surface area contributed by atoms with Gasteiger partial charge in [-0.2, -0.15) is 0 Å². The Bertz CT molecular complexity index is 563. The maximum atomic E-state index is 11.9. The third kappa shape index (κ3) is 3.37. The van der Waals surface area contributed by atoms with E-state index in [0.717, 1.165) is 6.54 Å². The predicted octanol–water partition coefficient (Wildman–Crippen LogP) is 1.81. The van der Waals surface area contributed by atoms with Crippen molar-refractivity contribution in [2.75, 3.05) is 18.4 Å². The molecule has 0 aromatic carbocycles. The number of hydrogen-bond donors (Lipinski definition) is 3. The van der Waals surface area contributed by atoms with Crippen molar-refractivity contribution in [3.63, 3.8) is 0 Å². The molecule has 3 N–H and O–H groups in total. The summed E-state index contributed by atoms with van der Waals surface area (Å²) in [5.74, 6) is 0.0849. The van der Waals surface area contributed by atoms with Gasteiger partial charge in [-0.05, 0) is 26.0 Å². The van der Waals surface area contributed by atoms with E-state index in [2.05, 4.69) is 15.6 Å². The zero-order chi connectivity index (χ0) is 14.6. The SMILES string of the molecule is CCNc1nc(C(=O)NCC(C)(O)c2ccco2)cs1. The van der Waals surface area contributed by atoms with E-state index in [0.29, 0.717) is 16.6 Å². The fourth-order valence-corrected chi connectivity index (χ4v) is 2.39. The predicted molar refractivity (Wildman–Crippen MR) is 76.9 cm³/mol. The van der Waals surface area contributed by atoms with Crippen LogP contribution in [0.2, 0.25) is 0 Å². The Kier molecular flexibility index (Phi) is 4.41. The lowest BCUT2D eigenvalue weighted by Crippen LogP contribution is -2.38. The minimum Gasteiger partial charge on any atom is -0.466 e. The number of nitrogens with one attached hydrogen (secondary N) is 2. The summed E-state index contributed by atoms with van der Waals surface area (Å²) in [5, 5.41) is 18.3. The van der Waals surface area contributed by atoms with Gasteiger partial charge in [-0.15, -0.1) is 11.3 Å². The molecule has 108 valence electrons.